The van der Waals surface area contributed by atoms with Gasteiger partial charge in [-0.2, -0.15) is 0 Å². The second kappa shape index (κ2) is 14.9. The van der Waals surface area contributed by atoms with Crippen LogP contribution >= 0.6 is 0 Å². The van der Waals surface area contributed by atoms with E-state index in [0.29, 0.717) is 30.4 Å². The van der Waals surface area contributed by atoms with Crippen LogP contribution in [0.4, 0.5) is 14.9 Å². The van der Waals surface area contributed by atoms with Crippen molar-refractivity contribution in [3.05, 3.63) is 36.5 Å². The van der Waals surface area contributed by atoms with Crippen LogP contribution in [0.5, 0.6) is 11.6 Å². The minimum atomic E-state index is -4.39. The van der Waals surface area contributed by atoms with E-state index in [0.717, 1.165) is 11.1 Å². The maximum atomic E-state index is 14.4. The molecule has 2 aromatic rings. The monoisotopic (exact) mass is 772 g/mol. The zero-order valence-electron chi connectivity index (χ0n) is 31.1. The van der Waals surface area contributed by atoms with Gasteiger partial charge in [0.05, 0.1) is 19.9 Å². The third kappa shape index (κ3) is 7.51. The molecular weight excluding hydrogens is 724 g/mol. The molecule has 15 nitrogen and oxygen atoms in total. The number of sulfonamides is 1. The Balaban J connectivity index is 1.35. The maximum Gasteiger partial charge on any atom is 0.405 e. The molecule has 7 atom stereocenters. The van der Waals surface area contributed by atoms with Crippen molar-refractivity contribution in [2.45, 2.75) is 87.3 Å². The van der Waals surface area contributed by atoms with Crippen LogP contribution in [0.1, 0.15) is 58.8 Å². The predicted octanol–water partition coefficient (Wildman–Crippen LogP) is 3.13. The lowest BCUT2D eigenvalue weighted by molar-refractivity contribution is -0.142. The minimum absolute atomic E-state index is 0.0470. The van der Waals surface area contributed by atoms with Crippen molar-refractivity contribution in [2.75, 3.05) is 39.3 Å². The number of halogens is 1. The van der Waals surface area contributed by atoms with Gasteiger partial charge in [0.25, 0.3) is 5.91 Å². The smallest absolute Gasteiger partial charge is 0.405 e. The van der Waals surface area contributed by atoms with Crippen molar-refractivity contribution in [3.63, 3.8) is 0 Å². The Morgan fingerprint density at radius 2 is 1.91 bits per heavy atom. The van der Waals surface area contributed by atoms with Crippen molar-refractivity contribution < 1.29 is 46.6 Å². The fourth-order valence-electron chi connectivity index (χ4n) is 7.76. The van der Waals surface area contributed by atoms with Gasteiger partial charge >= 0.3 is 6.09 Å². The number of hydrogen-bond donors (Lipinski definition) is 4. The molecule has 2 aliphatic heterocycles. The number of anilines is 1. The number of aromatic nitrogens is 1. The molecule has 1 aromatic heterocycles. The number of nitrogens with zero attached hydrogens (tertiary/aromatic N) is 3. The molecule has 2 saturated carbocycles. The second-order valence-electron chi connectivity index (χ2n) is 15.5. The van der Waals surface area contributed by atoms with Crippen LogP contribution in [-0.2, 0) is 24.4 Å². The molecule has 0 spiro atoms. The van der Waals surface area contributed by atoms with Crippen molar-refractivity contribution in [2.24, 2.45) is 17.8 Å². The van der Waals surface area contributed by atoms with Crippen molar-refractivity contribution in [3.8, 4) is 11.6 Å². The number of allylic oxidation sites excluding steroid dienone is 1. The van der Waals surface area contributed by atoms with E-state index in [2.05, 4.69) is 20.3 Å². The summed E-state index contributed by atoms with van der Waals surface area (Å²) in [5.74, 6) is -2.52. The van der Waals surface area contributed by atoms with E-state index in [1.54, 1.807) is 13.0 Å². The van der Waals surface area contributed by atoms with Gasteiger partial charge in [0.15, 0.2) is 0 Å². The molecule has 0 radical (unpaired) electrons. The first-order chi connectivity index (χ1) is 25.5. The Hall–Kier alpha value is -4.67. The maximum absolute atomic E-state index is 14.4. The standard InChI is InChI=1S/C37H49FN6O9S/c1-21-8-6-7-9-23-17-37(23,34(47)42-54(50,51)36(20-38)12-13-36)41-31(45)28-16-25(19-44(28)33(46)30(22(2)14-21)40-35(48)49)53-32-26-11-10-24(43(3)4)15-27(26)29(52-5)18-39-32/h7,9-11,15,18,21-23,25,28,30,40H,6,8,12-14,16-17,19-20H2,1-5H3,(H,41,45)(H,42,47)(H,48,49)/b9-7-/t21-,22+,23+,25+,28-,30-,37+/m0/s1. The second-order valence-corrected chi connectivity index (χ2v) is 17.6. The summed E-state index contributed by atoms with van der Waals surface area (Å²) in [5, 5.41) is 16.3. The summed E-state index contributed by atoms with van der Waals surface area (Å²) < 4.78 is 52.4. The zero-order chi connectivity index (χ0) is 39.2. The first kappa shape index (κ1) is 39.0. The number of hydrogen-bond acceptors (Lipinski definition) is 10. The fraction of sp³-hybridized carbons (Fsp3) is 0.595. The average Bonchev–Trinajstić information content (AvgIpc) is 4.03. The third-order valence-corrected chi connectivity index (χ3v) is 13.5. The van der Waals surface area contributed by atoms with Crippen molar-refractivity contribution in [1.82, 2.24) is 25.2 Å². The highest BCUT2D eigenvalue weighted by Crippen LogP contribution is 2.48. The van der Waals surface area contributed by atoms with E-state index in [1.807, 2.05) is 50.2 Å². The van der Waals surface area contributed by atoms with Crippen LogP contribution in [0.25, 0.3) is 10.8 Å². The van der Waals surface area contributed by atoms with Crippen LogP contribution in [0.15, 0.2) is 36.5 Å². The summed E-state index contributed by atoms with van der Waals surface area (Å²) in [6.07, 6.45) is 4.99. The number of carbonyl (C=O) groups excluding carboxylic acids is 3. The molecule has 4 N–H and O–H groups in total. The summed E-state index contributed by atoms with van der Waals surface area (Å²) in [7, 11) is 0.949. The summed E-state index contributed by atoms with van der Waals surface area (Å²) in [6.45, 7) is 2.54. The number of nitrogens with one attached hydrogen (secondary N) is 3. The van der Waals surface area contributed by atoms with Gasteiger partial charge in [-0.15, -0.1) is 0 Å². The van der Waals surface area contributed by atoms with E-state index < -0.39 is 80.8 Å². The summed E-state index contributed by atoms with van der Waals surface area (Å²) in [5.41, 5.74) is -0.764. The number of methoxy groups -OCH3 is 1. The lowest BCUT2D eigenvalue weighted by Crippen LogP contribution is -2.59. The molecule has 17 heteroatoms. The highest BCUT2D eigenvalue weighted by Gasteiger charge is 2.64. The molecule has 3 heterocycles. The number of carboxylic acid groups (broad SMARTS) is 1. The highest BCUT2D eigenvalue weighted by molar-refractivity contribution is 7.91. The molecule has 1 saturated heterocycles. The lowest BCUT2D eigenvalue weighted by atomic mass is 9.88. The van der Waals surface area contributed by atoms with Crippen LogP contribution in [0, 0.1) is 17.8 Å². The Bertz CT molecular complexity index is 1960. The zero-order valence-corrected chi connectivity index (χ0v) is 31.9. The number of carbonyl (C=O) groups is 4. The van der Waals surface area contributed by atoms with Crippen LogP contribution < -0.4 is 29.7 Å². The molecule has 294 valence electrons. The molecule has 2 aliphatic carbocycles. The van der Waals surface area contributed by atoms with Crippen LogP contribution in [-0.4, -0.2) is 110 Å². The van der Waals surface area contributed by atoms with E-state index in [9.17, 15) is 37.1 Å². The summed E-state index contributed by atoms with van der Waals surface area (Å²) >= 11 is 0. The SMILES string of the molecule is COc1cnc(O[C@@H]2C[C@H]3C(=O)N[C@]4(C(=O)NS(=O)(=O)C5(CF)CC5)C[C@H]4/C=C\CC[C@H](C)C[C@@H](C)[C@H](NC(=O)O)C(=O)N3C2)c2ccc(N(C)C)cc12. The normalized spacial score (nSPS) is 30.1. The van der Waals surface area contributed by atoms with E-state index in [4.69, 9.17) is 9.47 Å². The number of alkyl halides is 1. The van der Waals surface area contributed by atoms with Gasteiger partial charge in [-0.05, 0) is 68.6 Å². The third-order valence-electron chi connectivity index (χ3n) is 11.4. The minimum Gasteiger partial charge on any atom is -0.494 e. The van der Waals surface area contributed by atoms with E-state index >= 15 is 0 Å². The first-order valence-electron chi connectivity index (χ1n) is 18.3. The molecular formula is C37H49FN6O9S. The van der Waals surface area contributed by atoms with Gasteiger partial charge in [0.2, 0.25) is 27.7 Å². The molecule has 0 bridgehead atoms. The Labute approximate surface area is 314 Å². The molecule has 54 heavy (non-hydrogen) atoms. The van der Waals surface area contributed by atoms with Crippen LogP contribution in [0.3, 0.4) is 0 Å². The van der Waals surface area contributed by atoms with Gasteiger partial charge in [-0.25, -0.2) is 22.6 Å². The van der Waals surface area contributed by atoms with Gasteiger partial charge in [-0.1, -0.05) is 26.0 Å². The molecule has 6 rings (SSSR count). The largest absolute Gasteiger partial charge is 0.494 e. The van der Waals surface area contributed by atoms with Crippen LogP contribution in [0.2, 0.25) is 0 Å². The van der Waals surface area contributed by atoms with Crippen molar-refractivity contribution in [1.29, 1.82) is 0 Å². The first-order valence-corrected chi connectivity index (χ1v) is 19.7. The molecule has 3 fully saturated rings. The molecule has 4 amide bonds. The van der Waals surface area contributed by atoms with Gasteiger partial charge in [-0.3, -0.25) is 19.1 Å². The number of ether oxygens (including phenoxy) is 2. The molecule has 1 aromatic carbocycles. The van der Waals surface area contributed by atoms with E-state index in [-0.39, 0.29) is 44.0 Å². The number of pyridine rings is 1. The topological polar surface area (TPSA) is 197 Å². The number of benzene rings is 1. The predicted molar refractivity (Wildman–Crippen MR) is 197 cm³/mol. The Morgan fingerprint density at radius 3 is 2.56 bits per heavy atom. The fourth-order valence-corrected chi connectivity index (χ4v) is 9.18. The van der Waals surface area contributed by atoms with Gasteiger partial charge in [0.1, 0.15) is 40.9 Å². The summed E-state index contributed by atoms with van der Waals surface area (Å²) in [6, 6.07) is 3.22. The highest BCUT2D eigenvalue weighted by atomic mass is 32.2. The molecule has 4 aliphatic rings. The number of fused-ring (bicyclic) bond motifs is 3. The molecule has 0 unspecified atom stereocenters. The Kier molecular flexibility index (Phi) is 10.7. The average molecular weight is 773 g/mol. The lowest BCUT2D eigenvalue weighted by Gasteiger charge is -2.32. The van der Waals surface area contributed by atoms with Crippen molar-refractivity contribution >= 4 is 50.3 Å². The summed E-state index contributed by atoms with van der Waals surface area (Å²) in [4.78, 5) is 62.3. The quantitative estimate of drug-likeness (QED) is 0.274. The van der Waals surface area contributed by atoms with E-state index in [1.165, 1.54) is 18.2 Å². The Morgan fingerprint density at radius 1 is 1.17 bits per heavy atom. The number of rotatable bonds is 9. The van der Waals surface area contributed by atoms with Gasteiger partial charge in [0, 0.05) is 42.9 Å². The number of amides is 4. The van der Waals surface area contributed by atoms with Gasteiger partial charge < -0.3 is 35.0 Å².